The highest BCUT2D eigenvalue weighted by atomic mass is 16.2. The molecular formula is C7H10N4O. The Hall–Kier alpha value is -1.36. The van der Waals surface area contributed by atoms with E-state index in [9.17, 15) is 4.79 Å². The van der Waals surface area contributed by atoms with Gasteiger partial charge in [-0.05, 0) is 0 Å². The minimum atomic E-state index is -0.0162. The molecule has 1 aromatic heterocycles. The number of nitrogens with zero attached hydrogens (tertiary/aromatic N) is 3. The Kier molecular flexibility index (Phi) is 1.79. The van der Waals surface area contributed by atoms with E-state index in [1.54, 1.807) is 17.3 Å². The molecule has 0 bridgehead atoms. The predicted octanol–water partition coefficient (Wildman–Crippen LogP) is -0.286. The lowest BCUT2D eigenvalue weighted by Crippen LogP contribution is -2.32. The third-order valence-electron chi connectivity index (χ3n) is 1.86. The first kappa shape index (κ1) is 7.30. The highest BCUT2D eigenvalue weighted by molar-refractivity contribution is 5.76. The molecule has 1 fully saturated rings. The Morgan fingerprint density at radius 1 is 1.58 bits per heavy atom. The van der Waals surface area contributed by atoms with Gasteiger partial charge in [-0.1, -0.05) is 0 Å². The summed E-state index contributed by atoms with van der Waals surface area (Å²) in [6, 6.07) is -0.0162. The van der Waals surface area contributed by atoms with Gasteiger partial charge >= 0.3 is 6.03 Å². The first-order chi connectivity index (χ1) is 5.88. The van der Waals surface area contributed by atoms with E-state index in [4.69, 9.17) is 0 Å². The van der Waals surface area contributed by atoms with Gasteiger partial charge in [-0.3, -0.25) is 9.88 Å². The molecule has 0 aromatic carbocycles. The molecule has 0 radical (unpaired) electrons. The van der Waals surface area contributed by atoms with E-state index in [0.29, 0.717) is 6.67 Å². The van der Waals surface area contributed by atoms with Crippen LogP contribution in [0.25, 0.3) is 0 Å². The van der Waals surface area contributed by atoms with Crippen molar-refractivity contribution in [3.05, 3.63) is 18.7 Å². The average Bonchev–Trinajstić information content (AvgIpc) is 2.77. The van der Waals surface area contributed by atoms with Crippen molar-refractivity contribution in [3.8, 4) is 0 Å². The fourth-order valence-corrected chi connectivity index (χ4v) is 1.21. The van der Waals surface area contributed by atoms with Crippen LogP contribution in [-0.4, -0.2) is 40.2 Å². The highest BCUT2D eigenvalue weighted by Gasteiger charge is 2.17. The lowest BCUT2D eigenvalue weighted by molar-refractivity contribution is 0.210. The molecule has 1 saturated heterocycles. The maximum absolute atomic E-state index is 11.5. The molecule has 0 aliphatic carbocycles. The number of imidazole rings is 1. The number of hydrogen-bond donors (Lipinski definition) is 1. The maximum Gasteiger partial charge on any atom is 0.330 e. The molecule has 1 amide bonds. The summed E-state index contributed by atoms with van der Waals surface area (Å²) in [5.74, 6) is 0. The van der Waals surface area contributed by atoms with Crippen molar-refractivity contribution in [2.45, 2.75) is 0 Å². The Morgan fingerprint density at radius 3 is 3.08 bits per heavy atom. The molecule has 0 spiro atoms. The molecule has 2 rings (SSSR count). The van der Waals surface area contributed by atoms with Gasteiger partial charge in [0.25, 0.3) is 0 Å². The summed E-state index contributed by atoms with van der Waals surface area (Å²) in [5, 5.41) is 3.09. The molecule has 0 unspecified atom stereocenters. The Balaban J connectivity index is 2.09. The van der Waals surface area contributed by atoms with Crippen molar-refractivity contribution in [1.29, 1.82) is 0 Å². The standard InChI is InChI=1S/C7H10N4O/c12-7(10-3-1-8-5-10)11-4-2-9-6-11/h1,3,5,9H,2,4,6H2. The summed E-state index contributed by atoms with van der Waals surface area (Å²) in [4.78, 5) is 17.1. The summed E-state index contributed by atoms with van der Waals surface area (Å²) in [6.45, 7) is 2.29. The topological polar surface area (TPSA) is 50.2 Å². The van der Waals surface area contributed by atoms with Crippen LogP contribution in [0.15, 0.2) is 18.7 Å². The number of nitrogens with one attached hydrogen (secondary N) is 1. The zero-order valence-electron chi connectivity index (χ0n) is 6.60. The van der Waals surface area contributed by atoms with E-state index >= 15 is 0 Å². The van der Waals surface area contributed by atoms with Crippen LogP contribution >= 0.6 is 0 Å². The van der Waals surface area contributed by atoms with Gasteiger partial charge in [0.1, 0.15) is 6.33 Å². The molecule has 2 heterocycles. The molecule has 5 heteroatoms. The zero-order valence-corrected chi connectivity index (χ0v) is 6.60. The van der Waals surface area contributed by atoms with Crippen LogP contribution < -0.4 is 5.32 Å². The van der Waals surface area contributed by atoms with Crippen molar-refractivity contribution in [3.63, 3.8) is 0 Å². The number of carbonyl (C=O) groups is 1. The van der Waals surface area contributed by atoms with Gasteiger partial charge in [-0.25, -0.2) is 9.78 Å². The molecule has 12 heavy (non-hydrogen) atoms. The Bertz CT molecular complexity index is 263. The molecule has 64 valence electrons. The summed E-state index contributed by atoms with van der Waals surface area (Å²) < 4.78 is 1.48. The fourth-order valence-electron chi connectivity index (χ4n) is 1.21. The van der Waals surface area contributed by atoms with Gasteiger partial charge in [-0.2, -0.15) is 0 Å². The number of rotatable bonds is 0. The first-order valence-corrected chi connectivity index (χ1v) is 3.86. The third kappa shape index (κ3) is 1.18. The molecule has 1 N–H and O–H groups in total. The number of carbonyl (C=O) groups excluding carboxylic acids is 1. The monoisotopic (exact) mass is 166 g/mol. The van der Waals surface area contributed by atoms with Crippen LogP contribution in [0.4, 0.5) is 4.79 Å². The van der Waals surface area contributed by atoms with E-state index in [1.165, 1.54) is 10.9 Å². The zero-order chi connectivity index (χ0) is 8.39. The van der Waals surface area contributed by atoms with Gasteiger partial charge in [0.2, 0.25) is 0 Å². The predicted molar refractivity (Wildman–Crippen MR) is 42.6 cm³/mol. The van der Waals surface area contributed by atoms with Crippen LogP contribution in [0.1, 0.15) is 0 Å². The number of amides is 1. The van der Waals surface area contributed by atoms with Gasteiger partial charge in [-0.15, -0.1) is 0 Å². The van der Waals surface area contributed by atoms with E-state index in [0.717, 1.165) is 13.1 Å². The smallest absolute Gasteiger partial charge is 0.310 e. The van der Waals surface area contributed by atoms with Crippen LogP contribution in [-0.2, 0) is 0 Å². The highest BCUT2D eigenvalue weighted by Crippen LogP contribution is 1.97. The fraction of sp³-hybridized carbons (Fsp3) is 0.429. The first-order valence-electron chi connectivity index (χ1n) is 3.86. The van der Waals surface area contributed by atoms with E-state index in [2.05, 4.69) is 10.3 Å². The lowest BCUT2D eigenvalue weighted by Gasteiger charge is -2.13. The van der Waals surface area contributed by atoms with Gasteiger partial charge < -0.3 is 4.90 Å². The molecule has 0 atom stereocenters. The van der Waals surface area contributed by atoms with Crippen LogP contribution in [0.2, 0.25) is 0 Å². The summed E-state index contributed by atoms with van der Waals surface area (Å²) in [7, 11) is 0. The summed E-state index contributed by atoms with van der Waals surface area (Å²) >= 11 is 0. The molecule has 1 aliphatic heterocycles. The van der Waals surface area contributed by atoms with Crippen molar-refractivity contribution in [2.75, 3.05) is 19.8 Å². The summed E-state index contributed by atoms with van der Waals surface area (Å²) in [6.07, 6.45) is 4.77. The molecule has 1 aliphatic rings. The second-order valence-corrected chi connectivity index (χ2v) is 2.67. The lowest BCUT2D eigenvalue weighted by atomic mass is 10.6. The normalized spacial score (nSPS) is 16.8. The Labute approximate surface area is 70.0 Å². The van der Waals surface area contributed by atoms with Crippen LogP contribution in [0, 0.1) is 0 Å². The van der Waals surface area contributed by atoms with Crippen LogP contribution in [0.3, 0.4) is 0 Å². The minimum Gasteiger partial charge on any atom is -0.310 e. The Morgan fingerprint density at radius 2 is 2.50 bits per heavy atom. The second-order valence-electron chi connectivity index (χ2n) is 2.67. The van der Waals surface area contributed by atoms with Gasteiger partial charge in [0.05, 0.1) is 6.67 Å². The molecule has 5 nitrogen and oxygen atoms in total. The number of aromatic nitrogens is 2. The van der Waals surface area contributed by atoms with E-state index in [1.807, 2.05) is 0 Å². The summed E-state index contributed by atoms with van der Waals surface area (Å²) in [5.41, 5.74) is 0. The molecule has 0 saturated carbocycles. The second kappa shape index (κ2) is 2.94. The largest absolute Gasteiger partial charge is 0.330 e. The van der Waals surface area contributed by atoms with Crippen molar-refractivity contribution in [1.82, 2.24) is 19.8 Å². The van der Waals surface area contributed by atoms with E-state index in [-0.39, 0.29) is 6.03 Å². The van der Waals surface area contributed by atoms with E-state index < -0.39 is 0 Å². The maximum atomic E-state index is 11.5. The van der Waals surface area contributed by atoms with Crippen molar-refractivity contribution < 1.29 is 4.79 Å². The van der Waals surface area contributed by atoms with Gasteiger partial charge in [0.15, 0.2) is 0 Å². The SMILES string of the molecule is O=C(N1CCNC1)n1ccnc1. The van der Waals surface area contributed by atoms with Gasteiger partial charge in [0, 0.05) is 25.5 Å². The van der Waals surface area contributed by atoms with Crippen LogP contribution in [0.5, 0.6) is 0 Å². The average molecular weight is 166 g/mol. The third-order valence-corrected chi connectivity index (χ3v) is 1.86. The minimum absolute atomic E-state index is 0.0162. The molecular weight excluding hydrogens is 156 g/mol. The quantitative estimate of drug-likeness (QED) is 0.576. The number of hydrogen-bond acceptors (Lipinski definition) is 3. The van der Waals surface area contributed by atoms with Crippen molar-refractivity contribution >= 4 is 6.03 Å². The molecule has 1 aromatic rings. The van der Waals surface area contributed by atoms with Crippen molar-refractivity contribution in [2.24, 2.45) is 0 Å².